The minimum absolute atomic E-state index is 0.0627. The number of carbonyl (C=O) groups excluding carboxylic acids is 2. The molecule has 0 aliphatic carbocycles. The molecule has 3 atom stereocenters. The second-order valence-electron chi connectivity index (χ2n) is 10.0. The van der Waals surface area contributed by atoms with Crippen molar-refractivity contribution >= 4 is 17.8 Å². The first kappa shape index (κ1) is 27.2. The third-order valence-corrected chi connectivity index (χ3v) is 7.47. The van der Waals surface area contributed by atoms with Gasteiger partial charge in [-0.05, 0) is 49.8 Å². The molecule has 2 fully saturated rings. The van der Waals surface area contributed by atoms with Gasteiger partial charge in [0.2, 0.25) is 12.7 Å². The Morgan fingerprint density at radius 1 is 1.16 bits per heavy atom. The fraction of sp³-hybridized carbons (Fsp3) is 0.667. The van der Waals surface area contributed by atoms with Crippen molar-refractivity contribution in [3.8, 4) is 11.5 Å². The second kappa shape index (κ2) is 12.6. The molecule has 0 unspecified atom stereocenters. The largest absolute Gasteiger partial charge is 0.481 e. The van der Waals surface area contributed by atoms with E-state index in [0.29, 0.717) is 57.1 Å². The van der Waals surface area contributed by atoms with Gasteiger partial charge in [0.05, 0.1) is 19.1 Å². The van der Waals surface area contributed by atoms with Crippen LogP contribution in [0.3, 0.4) is 0 Å². The third kappa shape index (κ3) is 6.35. The Bertz CT molecular complexity index is 971. The van der Waals surface area contributed by atoms with Crippen LogP contribution in [0.1, 0.15) is 63.9 Å². The molecule has 3 heterocycles. The highest BCUT2D eigenvalue weighted by atomic mass is 16.7. The van der Waals surface area contributed by atoms with Crippen molar-refractivity contribution in [1.82, 2.24) is 14.9 Å². The van der Waals surface area contributed by atoms with Crippen LogP contribution in [0.2, 0.25) is 0 Å². The first-order chi connectivity index (χ1) is 17.9. The quantitative estimate of drug-likeness (QED) is 0.422. The highest BCUT2D eigenvalue weighted by molar-refractivity contribution is 5.78. The predicted octanol–water partition coefficient (Wildman–Crippen LogP) is 2.87. The zero-order valence-corrected chi connectivity index (χ0v) is 21.9. The molecule has 0 spiro atoms. The summed E-state index contributed by atoms with van der Waals surface area (Å²) in [6.45, 7) is 6.70. The van der Waals surface area contributed by atoms with Gasteiger partial charge in [-0.15, -0.1) is 0 Å². The number of carboxylic acids is 1. The summed E-state index contributed by atoms with van der Waals surface area (Å²) in [6.07, 6.45) is 4.43. The Morgan fingerprint density at radius 2 is 1.97 bits per heavy atom. The number of fused-ring (bicyclic) bond motifs is 1. The van der Waals surface area contributed by atoms with Gasteiger partial charge >= 0.3 is 5.97 Å². The third-order valence-electron chi connectivity index (χ3n) is 7.47. The van der Waals surface area contributed by atoms with E-state index in [-0.39, 0.29) is 31.1 Å². The average molecular weight is 518 g/mol. The Kier molecular flexibility index (Phi) is 9.26. The number of piperidine rings is 1. The summed E-state index contributed by atoms with van der Waals surface area (Å²) < 4.78 is 11.0. The topological polar surface area (TPSA) is 109 Å². The molecule has 2 amide bonds. The first-order valence-electron chi connectivity index (χ1n) is 13.5. The number of hydrogen-bond donors (Lipinski definition) is 1. The van der Waals surface area contributed by atoms with Gasteiger partial charge in [0.1, 0.15) is 0 Å². The number of hydroxylamine groups is 2. The van der Waals surface area contributed by atoms with E-state index >= 15 is 0 Å². The number of nitrogens with zero attached hydrogens (tertiary/aromatic N) is 3. The molecule has 0 aromatic heterocycles. The summed E-state index contributed by atoms with van der Waals surface area (Å²) in [6, 6.07) is 5.15. The van der Waals surface area contributed by atoms with E-state index < -0.39 is 17.9 Å². The van der Waals surface area contributed by atoms with Crippen molar-refractivity contribution in [3.63, 3.8) is 0 Å². The SMILES string of the molecule is CCCON(CCC)C(=O)CN1C[C@H](c2ccc3c(c2)OCO3)[C@@H](C(=O)O)[C@@H]1CCN1CCCCC1=O. The van der Waals surface area contributed by atoms with Crippen LogP contribution in [0.15, 0.2) is 18.2 Å². The smallest absolute Gasteiger partial charge is 0.308 e. The minimum Gasteiger partial charge on any atom is -0.481 e. The standard InChI is InChI=1S/C27H39N3O7/c1-3-11-30(37-14-4-2)25(32)17-29-16-20(19-8-9-22-23(15-19)36-18-35-22)26(27(33)34)21(29)10-13-28-12-6-5-7-24(28)31/h8-9,15,20-21,26H,3-7,10-14,16-18H2,1-2H3,(H,33,34)/t20-,21+,26-/m1/s1. The number of ether oxygens (including phenoxy) is 2. The summed E-state index contributed by atoms with van der Waals surface area (Å²) >= 11 is 0. The van der Waals surface area contributed by atoms with Crippen LogP contribution in [0, 0.1) is 5.92 Å². The van der Waals surface area contributed by atoms with Crippen LogP contribution in [0.25, 0.3) is 0 Å². The average Bonchev–Trinajstić information content (AvgIpc) is 3.50. The van der Waals surface area contributed by atoms with Crippen LogP contribution in [-0.2, 0) is 19.2 Å². The van der Waals surface area contributed by atoms with E-state index in [1.54, 1.807) is 0 Å². The fourth-order valence-corrected chi connectivity index (χ4v) is 5.64. The molecule has 1 aromatic rings. The summed E-state index contributed by atoms with van der Waals surface area (Å²) in [7, 11) is 0. The van der Waals surface area contributed by atoms with Crippen molar-refractivity contribution in [2.24, 2.45) is 5.92 Å². The van der Waals surface area contributed by atoms with Crippen molar-refractivity contribution in [2.45, 2.75) is 64.3 Å². The van der Waals surface area contributed by atoms with Gasteiger partial charge in [-0.1, -0.05) is 19.9 Å². The molecule has 204 valence electrons. The maximum absolute atomic E-state index is 13.3. The molecule has 0 bridgehead atoms. The number of benzene rings is 1. The number of aliphatic carboxylic acids is 1. The summed E-state index contributed by atoms with van der Waals surface area (Å²) in [5.74, 6) is -0.779. The van der Waals surface area contributed by atoms with Gasteiger partial charge in [-0.25, -0.2) is 5.06 Å². The van der Waals surface area contributed by atoms with Crippen LogP contribution >= 0.6 is 0 Å². The summed E-state index contributed by atoms with van der Waals surface area (Å²) in [5.41, 5.74) is 0.846. The van der Waals surface area contributed by atoms with Crippen molar-refractivity contribution in [2.75, 3.05) is 46.1 Å². The number of amides is 2. The molecule has 10 heteroatoms. The number of carbonyl (C=O) groups is 3. The van der Waals surface area contributed by atoms with Gasteiger partial charge in [0.15, 0.2) is 11.5 Å². The summed E-state index contributed by atoms with van der Waals surface area (Å²) in [4.78, 5) is 47.9. The maximum Gasteiger partial charge on any atom is 0.308 e. The van der Waals surface area contributed by atoms with Crippen LogP contribution < -0.4 is 9.47 Å². The van der Waals surface area contributed by atoms with Crippen LogP contribution in [0.5, 0.6) is 11.5 Å². The molecule has 2 saturated heterocycles. The molecule has 0 saturated carbocycles. The van der Waals surface area contributed by atoms with E-state index in [9.17, 15) is 19.5 Å². The zero-order chi connectivity index (χ0) is 26.4. The van der Waals surface area contributed by atoms with Gasteiger partial charge in [0.25, 0.3) is 5.91 Å². The van der Waals surface area contributed by atoms with Gasteiger partial charge in [-0.2, -0.15) is 0 Å². The van der Waals surface area contributed by atoms with E-state index in [1.165, 1.54) is 5.06 Å². The minimum atomic E-state index is -0.903. The molecule has 3 aliphatic heterocycles. The van der Waals surface area contributed by atoms with E-state index in [0.717, 1.165) is 31.2 Å². The van der Waals surface area contributed by atoms with E-state index in [2.05, 4.69) is 0 Å². The molecule has 0 radical (unpaired) electrons. The first-order valence-corrected chi connectivity index (χ1v) is 13.5. The lowest BCUT2D eigenvalue weighted by Gasteiger charge is -2.32. The number of rotatable bonds is 12. The molecule has 4 rings (SSSR count). The van der Waals surface area contributed by atoms with Gasteiger partial charge in [-0.3, -0.25) is 24.1 Å². The Morgan fingerprint density at radius 3 is 2.70 bits per heavy atom. The number of likely N-dealkylation sites (tertiary alicyclic amines) is 2. The van der Waals surface area contributed by atoms with E-state index in [1.807, 2.05) is 41.8 Å². The van der Waals surface area contributed by atoms with Gasteiger partial charge < -0.3 is 19.5 Å². The molecule has 1 N–H and O–H groups in total. The Balaban J connectivity index is 1.57. The Labute approximate surface area is 218 Å². The lowest BCUT2D eigenvalue weighted by atomic mass is 9.84. The summed E-state index contributed by atoms with van der Waals surface area (Å²) in [5, 5.41) is 11.8. The molecular formula is C27H39N3O7. The lowest BCUT2D eigenvalue weighted by Crippen LogP contribution is -2.46. The van der Waals surface area contributed by atoms with E-state index in [4.69, 9.17) is 14.3 Å². The van der Waals surface area contributed by atoms with Crippen LogP contribution in [0.4, 0.5) is 0 Å². The van der Waals surface area contributed by atoms with Gasteiger partial charge in [0, 0.05) is 44.6 Å². The predicted molar refractivity (Wildman–Crippen MR) is 135 cm³/mol. The number of hydrogen-bond acceptors (Lipinski definition) is 7. The highest BCUT2D eigenvalue weighted by Crippen LogP contribution is 2.42. The molecule has 1 aromatic carbocycles. The second-order valence-corrected chi connectivity index (χ2v) is 10.0. The maximum atomic E-state index is 13.3. The van der Waals surface area contributed by atoms with Crippen molar-refractivity contribution in [3.05, 3.63) is 23.8 Å². The lowest BCUT2D eigenvalue weighted by molar-refractivity contribution is -0.188. The molecule has 10 nitrogen and oxygen atoms in total. The zero-order valence-electron chi connectivity index (χ0n) is 21.9. The van der Waals surface area contributed by atoms with Crippen LogP contribution in [-0.4, -0.2) is 89.9 Å². The molecular weight excluding hydrogens is 478 g/mol. The fourth-order valence-electron chi connectivity index (χ4n) is 5.64. The van der Waals surface area contributed by atoms with Crippen molar-refractivity contribution < 1.29 is 33.8 Å². The van der Waals surface area contributed by atoms with Crippen molar-refractivity contribution in [1.29, 1.82) is 0 Å². The molecule has 37 heavy (non-hydrogen) atoms. The number of carboxylic acid groups (broad SMARTS) is 1. The Hall–Kier alpha value is -2.85. The monoisotopic (exact) mass is 517 g/mol. The highest BCUT2D eigenvalue weighted by Gasteiger charge is 2.47. The molecule has 3 aliphatic rings. The normalized spacial score (nSPS) is 23.5.